The molecule has 152 valence electrons. The Morgan fingerprint density at radius 3 is 2.57 bits per heavy atom. The fourth-order valence-corrected chi connectivity index (χ4v) is 3.18. The highest BCUT2D eigenvalue weighted by Gasteiger charge is 2.24. The minimum absolute atomic E-state index is 0.101. The predicted octanol–water partition coefficient (Wildman–Crippen LogP) is 3.67. The molecule has 1 unspecified atom stereocenters. The summed E-state index contributed by atoms with van der Waals surface area (Å²) in [6.07, 6.45) is 0.577. The summed E-state index contributed by atoms with van der Waals surface area (Å²) in [4.78, 5) is 12.6. The maximum Gasteiger partial charge on any atom is 0.255 e. The second kappa shape index (κ2) is 10.5. The van der Waals surface area contributed by atoms with Gasteiger partial charge in [0.2, 0.25) is 0 Å². The van der Waals surface area contributed by atoms with Crippen molar-refractivity contribution in [3.05, 3.63) is 57.6 Å². The Balaban J connectivity index is 2.12. The molecule has 5 N–H and O–H groups in total. The SMILES string of the molecule is C[C@H](NC(=O)c1cc(Cl)c(OCCCCN)c(Cl)c1O)C(O)c1ccccc1. The molecule has 8 heteroatoms. The van der Waals surface area contributed by atoms with Crippen molar-refractivity contribution in [1.29, 1.82) is 0 Å². The number of carbonyl (C=O) groups excluding carboxylic acids is 1. The maximum absolute atomic E-state index is 12.6. The van der Waals surface area contributed by atoms with Gasteiger partial charge in [0.25, 0.3) is 5.91 Å². The summed E-state index contributed by atoms with van der Waals surface area (Å²) in [6.45, 7) is 2.54. The molecular weight excluding hydrogens is 403 g/mol. The van der Waals surface area contributed by atoms with Gasteiger partial charge in [-0.15, -0.1) is 0 Å². The van der Waals surface area contributed by atoms with Crippen molar-refractivity contribution in [3.63, 3.8) is 0 Å². The van der Waals surface area contributed by atoms with E-state index in [1.807, 2.05) is 6.07 Å². The van der Waals surface area contributed by atoms with Crippen LogP contribution in [0.25, 0.3) is 0 Å². The van der Waals surface area contributed by atoms with Crippen LogP contribution in [0.4, 0.5) is 0 Å². The van der Waals surface area contributed by atoms with Gasteiger partial charge in [-0.3, -0.25) is 4.79 Å². The smallest absolute Gasteiger partial charge is 0.255 e. The number of phenolic OH excluding ortho intramolecular Hbond substituents is 1. The van der Waals surface area contributed by atoms with Crippen molar-refractivity contribution in [1.82, 2.24) is 5.32 Å². The third-order valence-electron chi connectivity index (χ3n) is 4.21. The summed E-state index contributed by atoms with van der Waals surface area (Å²) in [5.41, 5.74) is 6.00. The van der Waals surface area contributed by atoms with E-state index in [0.29, 0.717) is 25.1 Å². The van der Waals surface area contributed by atoms with Crippen LogP contribution < -0.4 is 15.8 Å². The van der Waals surface area contributed by atoms with Gasteiger partial charge in [0.05, 0.1) is 29.3 Å². The van der Waals surface area contributed by atoms with Gasteiger partial charge >= 0.3 is 0 Å². The van der Waals surface area contributed by atoms with Crippen LogP contribution in [0.2, 0.25) is 10.0 Å². The summed E-state index contributed by atoms with van der Waals surface area (Å²) in [6, 6.07) is 9.62. The van der Waals surface area contributed by atoms with Crippen LogP contribution in [0.1, 0.15) is 41.8 Å². The normalized spacial score (nSPS) is 13.0. The number of aromatic hydroxyl groups is 1. The summed E-state index contributed by atoms with van der Waals surface area (Å²) >= 11 is 12.3. The Labute approximate surface area is 174 Å². The molecule has 0 saturated carbocycles. The lowest BCUT2D eigenvalue weighted by Gasteiger charge is -2.21. The van der Waals surface area contributed by atoms with Gasteiger partial charge in [0.15, 0.2) is 11.5 Å². The molecule has 0 aliphatic carbocycles. The fourth-order valence-electron chi connectivity index (χ4n) is 2.62. The van der Waals surface area contributed by atoms with E-state index < -0.39 is 23.8 Å². The first-order valence-electron chi connectivity index (χ1n) is 8.94. The minimum atomic E-state index is -0.914. The molecule has 2 aromatic carbocycles. The number of hydrogen-bond donors (Lipinski definition) is 4. The van der Waals surface area contributed by atoms with Crippen molar-refractivity contribution in [2.75, 3.05) is 13.2 Å². The van der Waals surface area contributed by atoms with Gasteiger partial charge in [0.1, 0.15) is 5.02 Å². The lowest BCUT2D eigenvalue weighted by Crippen LogP contribution is -2.37. The molecule has 0 radical (unpaired) electrons. The van der Waals surface area contributed by atoms with E-state index in [1.54, 1.807) is 31.2 Å². The summed E-state index contributed by atoms with van der Waals surface area (Å²) in [5, 5.41) is 23.3. The number of aliphatic hydroxyl groups is 1. The lowest BCUT2D eigenvalue weighted by molar-refractivity contribution is 0.0849. The lowest BCUT2D eigenvalue weighted by atomic mass is 10.0. The molecule has 0 spiro atoms. The number of phenols is 1. The zero-order valence-corrected chi connectivity index (χ0v) is 17.0. The van der Waals surface area contributed by atoms with Gasteiger partial charge < -0.3 is 26.0 Å². The molecule has 0 aliphatic heterocycles. The second-order valence-corrected chi connectivity index (χ2v) is 7.14. The van der Waals surface area contributed by atoms with Gasteiger partial charge in [-0.2, -0.15) is 0 Å². The van der Waals surface area contributed by atoms with Crippen molar-refractivity contribution in [2.24, 2.45) is 5.73 Å². The Morgan fingerprint density at radius 2 is 1.93 bits per heavy atom. The summed E-state index contributed by atoms with van der Waals surface area (Å²) in [7, 11) is 0. The highest BCUT2D eigenvalue weighted by Crippen LogP contribution is 2.42. The first-order chi connectivity index (χ1) is 13.4. The van der Waals surface area contributed by atoms with Crippen LogP contribution >= 0.6 is 23.2 Å². The Morgan fingerprint density at radius 1 is 1.25 bits per heavy atom. The van der Waals surface area contributed by atoms with Gasteiger partial charge in [-0.1, -0.05) is 53.5 Å². The Kier molecular flexibility index (Phi) is 8.38. The highest BCUT2D eigenvalue weighted by molar-refractivity contribution is 6.39. The van der Waals surface area contributed by atoms with E-state index in [9.17, 15) is 15.0 Å². The molecule has 28 heavy (non-hydrogen) atoms. The minimum Gasteiger partial charge on any atom is -0.505 e. The molecule has 0 fully saturated rings. The van der Waals surface area contributed by atoms with Gasteiger partial charge in [-0.05, 0) is 37.9 Å². The first-order valence-corrected chi connectivity index (χ1v) is 9.70. The molecule has 2 aromatic rings. The summed E-state index contributed by atoms with van der Waals surface area (Å²) in [5.74, 6) is -0.927. The number of aliphatic hydroxyl groups excluding tert-OH is 1. The van der Waals surface area contributed by atoms with E-state index in [0.717, 1.165) is 6.42 Å². The van der Waals surface area contributed by atoms with Crippen molar-refractivity contribution >= 4 is 29.1 Å². The van der Waals surface area contributed by atoms with E-state index in [4.69, 9.17) is 33.7 Å². The largest absolute Gasteiger partial charge is 0.505 e. The number of nitrogens with two attached hydrogens (primary N) is 1. The fraction of sp³-hybridized carbons (Fsp3) is 0.350. The number of nitrogens with one attached hydrogen (secondary N) is 1. The zero-order valence-electron chi connectivity index (χ0n) is 15.5. The maximum atomic E-state index is 12.6. The molecule has 6 nitrogen and oxygen atoms in total. The highest BCUT2D eigenvalue weighted by atomic mass is 35.5. The van der Waals surface area contributed by atoms with Crippen LogP contribution in [0, 0.1) is 0 Å². The molecular formula is C20H24Cl2N2O4. The number of amides is 1. The van der Waals surface area contributed by atoms with E-state index in [2.05, 4.69) is 5.32 Å². The molecule has 0 aliphatic rings. The summed E-state index contributed by atoms with van der Waals surface area (Å²) < 4.78 is 5.51. The zero-order chi connectivity index (χ0) is 20.7. The number of rotatable bonds is 9. The van der Waals surface area contributed by atoms with Gasteiger partial charge in [-0.25, -0.2) is 0 Å². The average Bonchev–Trinajstić information content (AvgIpc) is 2.70. The van der Waals surface area contributed by atoms with Crippen molar-refractivity contribution < 1.29 is 19.7 Å². The van der Waals surface area contributed by atoms with Gasteiger partial charge in [0, 0.05) is 0 Å². The first kappa shape index (κ1) is 22.3. The topological polar surface area (TPSA) is 105 Å². The standard InChI is InChI=1S/C20H24Cl2N2O4/c1-12(17(25)13-7-3-2-4-8-13)24-20(27)14-11-15(21)19(16(22)18(14)26)28-10-6-5-9-23/h2-4,7-8,11-12,17,25-26H,5-6,9-10,23H2,1H3,(H,24,27)/t12-,17?/m0/s1. The monoisotopic (exact) mass is 426 g/mol. The quantitative estimate of drug-likeness (QED) is 0.457. The second-order valence-electron chi connectivity index (χ2n) is 6.36. The van der Waals surface area contributed by atoms with E-state index in [-0.39, 0.29) is 21.4 Å². The number of ether oxygens (including phenoxy) is 1. The number of halogens is 2. The van der Waals surface area contributed by atoms with Crippen LogP contribution in [-0.4, -0.2) is 35.3 Å². The predicted molar refractivity (Wildman–Crippen MR) is 110 cm³/mol. The molecule has 1 amide bonds. The molecule has 0 bridgehead atoms. The molecule has 2 atom stereocenters. The Hall–Kier alpha value is -1.99. The number of unbranched alkanes of at least 4 members (excludes halogenated alkanes) is 1. The molecule has 0 saturated heterocycles. The number of hydrogen-bond acceptors (Lipinski definition) is 5. The van der Waals surface area contributed by atoms with Crippen LogP contribution in [0.15, 0.2) is 36.4 Å². The van der Waals surface area contributed by atoms with Crippen LogP contribution in [-0.2, 0) is 0 Å². The number of benzene rings is 2. The third kappa shape index (κ3) is 5.52. The Bertz CT molecular complexity index is 803. The molecule has 0 aromatic heterocycles. The average molecular weight is 427 g/mol. The molecule has 2 rings (SSSR count). The van der Waals surface area contributed by atoms with E-state index >= 15 is 0 Å². The van der Waals surface area contributed by atoms with Crippen LogP contribution in [0.3, 0.4) is 0 Å². The van der Waals surface area contributed by atoms with Crippen molar-refractivity contribution in [2.45, 2.75) is 31.9 Å². The van der Waals surface area contributed by atoms with Crippen molar-refractivity contribution in [3.8, 4) is 11.5 Å². The molecule has 0 heterocycles. The third-order valence-corrected chi connectivity index (χ3v) is 4.84. The number of carbonyl (C=O) groups is 1. The van der Waals surface area contributed by atoms with E-state index in [1.165, 1.54) is 6.07 Å². The van der Waals surface area contributed by atoms with Crippen LogP contribution in [0.5, 0.6) is 11.5 Å².